The zero-order valence-electron chi connectivity index (χ0n) is 17.9. The molecule has 0 radical (unpaired) electrons. The molecule has 2 aromatic carbocycles. The summed E-state index contributed by atoms with van der Waals surface area (Å²) in [6.45, 7) is 2.79. The van der Waals surface area contributed by atoms with Crippen LogP contribution in [-0.4, -0.2) is 47.1 Å². The van der Waals surface area contributed by atoms with E-state index in [0.717, 1.165) is 58.6 Å². The Labute approximate surface area is 212 Å². The fourth-order valence-electron chi connectivity index (χ4n) is 4.08. The Morgan fingerprint density at radius 2 is 1.88 bits per heavy atom. The van der Waals surface area contributed by atoms with Crippen LogP contribution in [0, 0.1) is 17.6 Å². The molecule has 2 heterocycles. The molecular formula is C22H25Cl3F2N4OS. The third kappa shape index (κ3) is 6.25. The largest absolute Gasteiger partial charge is 0.411 e. The molecule has 11 heteroatoms. The van der Waals surface area contributed by atoms with Gasteiger partial charge in [-0.05, 0) is 62.2 Å². The average molecular weight is 538 g/mol. The van der Waals surface area contributed by atoms with Crippen molar-refractivity contribution in [3.8, 4) is 0 Å². The van der Waals surface area contributed by atoms with E-state index in [-0.39, 0.29) is 36.1 Å². The number of likely N-dealkylation sites (tertiary alicyclic amines) is 1. The van der Waals surface area contributed by atoms with E-state index in [4.69, 9.17) is 11.6 Å². The molecule has 1 fully saturated rings. The summed E-state index contributed by atoms with van der Waals surface area (Å²) < 4.78 is 30.6. The SMILES string of the molecule is CN=c1sc2cc(Cl)ccc2n1CC1CCN(C/C(=N\O)c2ccc(F)cc2F)CC1.Cl.Cl. The molecule has 0 saturated carbocycles. The molecule has 1 aromatic heterocycles. The van der Waals surface area contributed by atoms with Crippen molar-refractivity contribution < 1.29 is 14.0 Å². The van der Waals surface area contributed by atoms with Crippen molar-refractivity contribution in [3.63, 3.8) is 0 Å². The minimum Gasteiger partial charge on any atom is -0.411 e. The number of rotatable bonds is 5. The summed E-state index contributed by atoms with van der Waals surface area (Å²) in [7, 11) is 1.80. The average Bonchev–Trinajstić information content (AvgIpc) is 3.10. The number of aromatic nitrogens is 1. The maximum Gasteiger partial charge on any atom is 0.185 e. The van der Waals surface area contributed by atoms with Crippen LogP contribution in [0.4, 0.5) is 8.78 Å². The molecule has 180 valence electrons. The lowest BCUT2D eigenvalue weighted by molar-refractivity contribution is 0.191. The number of hydrogen-bond acceptors (Lipinski definition) is 5. The summed E-state index contributed by atoms with van der Waals surface area (Å²) >= 11 is 7.77. The zero-order chi connectivity index (χ0) is 22.0. The molecule has 3 aromatic rings. The van der Waals surface area contributed by atoms with E-state index in [0.29, 0.717) is 12.5 Å². The van der Waals surface area contributed by atoms with Gasteiger partial charge in [-0.1, -0.05) is 28.1 Å². The first-order chi connectivity index (χ1) is 15.0. The van der Waals surface area contributed by atoms with Crippen LogP contribution in [0.25, 0.3) is 10.2 Å². The highest BCUT2D eigenvalue weighted by molar-refractivity contribution is 7.16. The monoisotopic (exact) mass is 536 g/mol. The van der Waals surface area contributed by atoms with Crippen molar-refractivity contribution in [2.45, 2.75) is 19.4 Å². The van der Waals surface area contributed by atoms with Gasteiger partial charge in [0.1, 0.15) is 17.3 Å². The van der Waals surface area contributed by atoms with E-state index in [1.165, 1.54) is 12.1 Å². The number of oxime groups is 1. The quantitative estimate of drug-likeness (QED) is 0.262. The van der Waals surface area contributed by atoms with Crippen LogP contribution in [0.1, 0.15) is 18.4 Å². The van der Waals surface area contributed by atoms with Gasteiger partial charge in [0.2, 0.25) is 0 Å². The number of nitrogens with zero attached hydrogens (tertiary/aromatic N) is 4. The van der Waals surface area contributed by atoms with Crippen LogP contribution in [0.5, 0.6) is 0 Å². The van der Waals surface area contributed by atoms with Crippen LogP contribution in [0.15, 0.2) is 46.5 Å². The molecule has 0 aliphatic carbocycles. The van der Waals surface area contributed by atoms with E-state index in [1.807, 2.05) is 18.2 Å². The molecule has 5 nitrogen and oxygen atoms in total. The van der Waals surface area contributed by atoms with Crippen molar-refractivity contribution in [1.82, 2.24) is 9.47 Å². The van der Waals surface area contributed by atoms with Crippen LogP contribution < -0.4 is 4.80 Å². The molecule has 0 atom stereocenters. The van der Waals surface area contributed by atoms with Gasteiger partial charge in [0.25, 0.3) is 0 Å². The van der Waals surface area contributed by atoms with E-state index < -0.39 is 11.6 Å². The molecule has 1 aliphatic heterocycles. The molecule has 0 amide bonds. The van der Waals surface area contributed by atoms with Crippen LogP contribution >= 0.6 is 47.8 Å². The van der Waals surface area contributed by atoms with Gasteiger partial charge in [0, 0.05) is 36.8 Å². The van der Waals surface area contributed by atoms with Gasteiger partial charge in [0.05, 0.1) is 10.2 Å². The Morgan fingerprint density at radius 3 is 2.52 bits per heavy atom. The maximum atomic E-state index is 14.1. The second-order valence-electron chi connectivity index (χ2n) is 7.72. The standard InChI is InChI=1S/C22H23ClF2N4OS.2ClH/c1-26-22-29(20-5-2-15(23)10-21(20)31-22)12-14-6-8-28(9-7-14)13-19(27-30)17-4-3-16(24)11-18(17)25;;/h2-5,10-11,14,30H,6-9,12-13H2,1H3;2*1H/b26-22?,27-19+;;. The van der Waals surface area contributed by atoms with Gasteiger partial charge in [-0.2, -0.15) is 0 Å². The Kier molecular flexibility index (Phi) is 10.1. The lowest BCUT2D eigenvalue weighted by Gasteiger charge is -2.32. The second-order valence-corrected chi connectivity index (χ2v) is 9.17. The van der Waals surface area contributed by atoms with Gasteiger partial charge in [-0.15, -0.1) is 24.8 Å². The highest BCUT2D eigenvalue weighted by atomic mass is 35.5. The first kappa shape index (κ1) is 27.5. The highest BCUT2D eigenvalue weighted by Crippen LogP contribution is 2.25. The molecule has 0 bridgehead atoms. The fourth-order valence-corrected chi connectivity index (χ4v) is 5.36. The van der Waals surface area contributed by atoms with Gasteiger partial charge >= 0.3 is 0 Å². The molecular weight excluding hydrogens is 513 g/mol. The van der Waals surface area contributed by atoms with Crippen molar-refractivity contribution in [2.75, 3.05) is 26.7 Å². The normalized spacial score (nSPS) is 16.0. The number of hydrogen-bond donors (Lipinski definition) is 1. The molecule has 1 saturated heterocycles. The Morgan fingerprint density at radius 1 is 1.15 bits per heavy atom. The van der Waals surface area contributed by atoms with E-state index in [9.17, 15) is 14.0 Å². The summed E-state index contributed by atoms with van der Waals surface area (Å²) in [6.07, 6.45) is 1.93. The van der Waals surface area contributed by atoms with E-state index in [2.05, 4.69) is 19.6 Å². The van der Waals surface area contributed by atoms with Gasteiger partial charge in [0.15, 0.2) is 4.80 Å². The van der Waals surface area contributed by atoms with Gasteiger partial charge in [-0.3, -0.25) is 9.89 Å². The number of thiazole rings is 1. The first-order valence-electron chi connectivity index (χ1n) is 10.1. The fraction of sp³-hybridized carbons (Fsp3) is 0.364. The summed E-state index contributed by atoms with van der Waals surface area (Å²) in [4.78, 5) is 7.55. The molecule has 1 aliphatic rings. The zero-order valence-corrected chi connectivity index (χ0v) is 21.1. The third-order valence-corrected chi connectivity index (χ3v) is 7.09. The Hall–Kier alpha value is -1.71. The lowest BCUT2D eigenvalue weighted by atomic mass is 9.96. The number of fused-ring (bicyclic) bond motifs is 1. The topological polar surface area (TPSA) is 53.1 Å². The third-order valence-electron chi connectivity index (χ3n) is 5.72. The smallest absolute Gasteiger partial charge is 0.185 e. The highest BCUT2D eigenvalue weighted by Gasteiger charge is 2.23. The summed E-state index contributed by atoms with van der Waals surface area (Å²) in [5.41, 5.74) is 1.47. The van der Waals surface area contributed by atoms with Gasteiger partial charge in [-0.25, -0.2) is 8.78 Å². The molecule has 1 N–H and O–H groups in total. The van der Waals surface area contributed by atoms with Crippen molar-refractivity contribution in [1.29, 1.82) is 0 Å². The Balaban J connectivity index is 0.00000193. The molecule has 4 rings (SSSR count). The summed E-state index contributed by atoms with van der Waals surface area (Å²) in [5, 5.41) is 13.4. The number of halogens is 5. The van der Waals surface area contributed by atoms with Crippen LogP contribution in [0.3, 0.4) is 0 Å². The summed E-state index contributed by atoms with van der Waals surface area (Å²) in [5.74, 6) is -0.898. The predicted octanol–water partition coefficient (Wildman–Crippen LogP) is 5.60. The Bertz CT molecular complexity index is 1190. The first-order valence-corrected chi connectivity index (χ1v) is 11.3. The van der Waals surface area contributed by atoms with E-state index in [1.54, 1.807) is 18.4 Å². The van der Waals surface area contributed by atoms with Gasteiger partial charge < -0.3 is 9.77 Å². The van der Waals surface area contributed by atoms with Crippen LogP contribution in [0.2, 0.25) is 5.02 Å². The number of piperidine rings is 1. The lowest BCUT2D eigenvalue weighted by Crippen LogP contribution is -2.39. The number of benzene rings is 2. The van der Waals surface area contributed by atoms with E-state index >= 15 is 0 Å². The maximum absolute atomic E-state index is 14.1. The second kappa shape index (κ2) is 12.1. The predicted molar refractivity (Wildman–Crippen MR) is 135 cm³/mol. The van der Waals surface area contributed by atoms with Crippen LogP contribution in [-0.2, 0) is 6.54 Å². The molecule has 0 unspecified atom stereocenters. The molecule has 33 heavy (non-hydrogen) atoms. The minimum atomic E-state index is -0.723. The summed E-state index contributed by atoms with van der Waals surface area (Å²) in [6, 6.07) is 9.20. The van der Waals surface area contributed by atoms with Crippen molar-refractivity contribution in [3.05, 3.63) is 63.4 Å². The van der Waals surface area contributed by atoms with Crippen molar-refractivity contribution in [2.24, 2.45) is 16.1 Å². The minimum absolute atomic E-state index is 0. The molecule has 0 spiro atoms. The van der Waals surface area contributed by atoms with Crippen molar-refractivity contribution >= 4 is 63.7 Å².